The van der Waals surface area contributed by atoms with Gasteiger partial charge in [-0.05, 0) is 108 Å². The fourth-order valence-corrected chi connectivity index (χ4v) is 10.7. The number of hydrogen-bond acceptors (Lipinski definition) is 3. The van der Waals surface area contributed by atoms with E-state index in [1.54, 1.807) is 5.31 Å². The van der Waals surface area contributed by atoms with E-state index >= 15 is 0 Å². The van der Waals surface area contributed by atoms with E-state index in [0.29, 0.717) is 17.8 Å². The maximum absolute atomic E-state index is 6.22. The Balaban J connectivity index is 0.000000236. The molecule has 3 aliphatic rings. The minimum Gasteiger partial charge on any atom is -0.392 e. The second-order valence-electron chi connectivity index (χ2n) is 13.4. The average Bonchev–Trinajstić information content (AvgIpc) is 3.27. The molecule has 204 valence electrons. The molecule has 2 fully saturated rings. The van der Waals surface area contributed by atoms with Gasteiger partial charge in [0.05, 0.1) is 14.9 Å². The first-order valence-corrected chi connectivity index (χ1v) is 19.1. The van der Waals surface area contributed by atoms with Gasteiger partial charge in [-0.3, -0.25) is 0 Å². The van der Waals surface area contributed by atoms with E-state index in [1.165, 1.54) is 41.6 Å². The lowest BCUT2D eigenvalue weighted by Crippen LogP contribution is -2.60. The van der Waals surface area contributed by atoms with E-state index in [-0.39, 0.29) is 11.1 Å². The zero-order valence-electron chi connectivity index (χ0n) is 24.5. The Morgan fingerprint density at radius 3 is 1.78 bits per heavy atom. The molecule has 0 radical (unpaired) electrons. The Bertz CT molecular complexity index is 903. The van der Waals surface area contributed by atoms with E-state index in [9.17, 15) is 0 Å². The smallest absolute Gasteiger partial charge is 0.334 e. The molecule has 0 spiro atoms. The van der Waals surface area contributed by atoms with Crippen molar-refractivity contribution in [2.24, 2.45) is 11.8 Å². The molecule has 0 unspecified atom stereocenters. The first-order chi connectivity index (χ1) is 16.5. The highest BCUT2D eigenvalue weighted by molar-refractivity contribution is 7.58. The van der Waals surface area contributed by atoms with E-state index in [1.807, 2.05) is 0 Å². The van der Waals surface area contributed by atoms with Crippen molar-refractivity contribution in [2.45, 2.75) is 118 Å². The van der Waals surface area contributed by atoms with Crippen molar-refractivity contribution < 1.29 is 0 Å². The molecule has 2 aliphatic carbocycles. The maximum atomic E-state index is 6.22. The van der Waals surface area contributed by atoms with Crippen molar-refractivity contribution in [1.82, 2.24) is 14.3 Å². The van der Waals surface area contributed by atoms with Crippen molar-refractivity contribution in [3.05, 3.63) is 45.9 Å². The monoisotopic (exact) mass is 569 g/mol. The van der Waals surface area contributed by atoms with Crippen LogP contribution in [0, 0.1) is 18.8 Å². The Morgan fingerprint density at radius 2 is 1.36 bits per heavy atom. The lowest BCUT2D eigenvalue weighted by Gasteiger charge is -2.61. The van der Waals surface area contributed by atoms with Crippen molar-refractivity contribution in [1.29, 1.82) is 0 Å². The summed E-state index contributed by atoms with van der Waals surface area (Å²) in [5.74, 6) is 2.69. The maximum Gasteiger partial charge on any atom is 0.334 e. The quantitative estimate of drug-likeness (QED) is 0.216. The lowest BCUT2D eigenvalue weighted by atomic mass is 9.90. The molecule has 1 saturated heterocycles. The number of allylic oxidation sites excluding steroid dienone is 2. The summed E-state index contributed by atoms with van der Waals surface area (Å²) in [6, 6.07) is 6.66. The van der Waals surface area contributed by atoms with Crippen molar-refractivity contribution >= 4 is 38.0 Å². The van der Waals surface area contributed by atoms with Crippen LogP contribution in [0.15, 0.2) is 29.2 Å². The molecule has 1 aromatic carbocycles. The summed E-state index contributed by atoms with van der Waals surface area (Å²) in [7, 11) is -2.23. The van der Waals surface area contributed by atoms with Gasteiger partial charge in [-0.1, -0.05) is 45.9 Å². The van der Waals surface area contributed by atoms with Crippen LogP contribution in [-0.4, -0.2) is 34.7 Å². The molecule has 36 heavy (non-hydrogen) atoms. The summed E-state index contributed by atoms with van der Waals surface area (Å²) in [4.78, 5) is 3.53. The van der Waals surface area contributed by atoms with Gasteiger partial charge in [-0.15, -0.1) is 22.2 Å². The molecule has 1 saturated carbocycles. The normalized spacial score (nSPS) is 23.6. The van der Waals surface area contributed by atoms with Gasteiger partial charge in [0.15, 0.2) is 0 Å². The number of fused-ring (bicyclic) bond motifs is 2. The van der Waals surface area contributed by atoms with Crippen LogP contribution in [0.25, 0.3) is 0 Å². The molecule has 3 nitrogen and oxygen atoms in total. The first kappa shape index (κ1) is 30.4. The molecule has 1 aliphatic heterocycles. The fraction of sp³-hybridized carbons (Fsp3) is 0.724. The standard InChI is InChI=1S/C16H30Cl2N3PSi.C13H20/c1-15(2,3)20-10-21(16(4,5)6)22(20)14-12-8-7-11(9-12)13(14)19-23(17)18;1-9(2)12-7-6-8-13(10(3)4)11(12)5/h11-12,19,23H,7-10H2,1-6H3;6-10H,1-5H3/t11-,12+;/m1./s1. The molecule has 1 aromatic rings. The van der Waals surface area contributed by atoms with Gasteiger partial charge in [0.25, 0.3) is 0 Å². The Hall–Kier alpha value is -0.0931. The highest BCUT2D eigenvalue weighted by Crippen LogP contribution is 2.71. The summed E-state index contributed by atoms with van der Waals surface area (Å²) in [6.07, 6.45) is 3.96. The van der Waals surface area contributed by atoms with Crippen molar-refractivity contribution in [2.75, 3.05) is 6.67 Å². The van der Waals surface area contributed by atoms with Crippen LogP contribution in [0.3, 0.4) is 0 Å². The second kappa shape index (κ2) is 11.6. The molecular weight excluding hydrogens is 520 g/mol. The number of nitrogens with zero attached hydrogens (tertiary/aromatic N) is 2. The molecule has 1 N–H and O–H groups in total. The summed E-state index contributed by atoms with van der Waals surface area (Å²) >= 11 is 12.4. The van der Waals surface area contributed by atoms with Gasteiger partial charge in [0, 0.05) is 22.1 Å². The third-order valence-corrected chi connectivity index (χ3v) is 12.5. The SMILES string of the molecule is CC(C)(C)N1CN(C(C)(C)C)P1C1=C(N[SiH](Cl)Cl)[C@@H]2CC[C@H]1C2.Cc1c(C(C)C)cccc1C(C)C. The van der Waals surface area contributed by atoms with Gasteiger partial charge < -0.3 is 4.98 Å². The zero-order valence-corrected chi connectivity index (χ0v) is 28.1. The number of benzene rings is 1. The molecule has 2 bridgehead atoms. The largest absolute Gasteiger partial charge is 0.392 e. The summed E-state index contributed by atoms with van der Waals surface area (Å²) in [5, 5.41) is 1.66. The van der Waals surface area contributed by atoms with E-state index in [0.717, 1.165) is 12.6 Å². The average molecular weight is 571 g/mol. The Kier molecular flexibility index (Phi) is 9.78. The first-order valence-electron chi connectivity index (χ1n) is 13.8. The highest BCUT2D eigenvalue weighted by atomic mass is 35.7. The number of rotatable bonds is 5. The summed E-state index contributed by atoms with van der Waals surface area (Å²) < 4.78 is 5.40. The lowest BCUT2D eigenvalue weighted by molar-refractivity contribution is 0.0783. The zero-order chi connectivity index (χ0) is 27.2. The topological polar surface area (TPSA) is 18.5 Å². The molecular formula is C29H50Cl2N3PSi. The van der Waals surface area contributed by atoms with Crippen LogP contribution in [0.1, 0.15) is 117 Å². The van der Waals surface area contributed by atoms with Crippen LogP contribution < -0.4 is 4.98 Å². The molecule has 0 amide bonds. The van der Waals surface area contributed by atoms with Crippen LogP contribution >= 0.6 is 30.4 Å². The van der Waals surface area contributed by atoms with Crippen molar-refractivity contribution in [3.63, 3.8) is 0 Å². The Morgan fingerprint density at radius 1 is 0.889 bits per heavy atom. The molecule has 2 atom stereocenters. The third kappa shape index (κ3) is 6.54. The predicted octanol–water partition coefficient (Wildman–Crippen LogP) is 9.14. The molecule has 0 aromatic heterocycles. The van der Waals surface area contributed by atoms with Gasteiger partial charge in [-0.25, -0.2) is 9.34 Å². The number of halogens is 2. The van der Waals surface area contributed by atoms with E-state index in [4.69, 9.17) is 22.2 Å². The van der Waals surface area contributed by atoms with Crippen LogP contribution in [0.5, 0.6) is 0 Å². The van der Waals surface area contributed by atoms with E-state index in [2.05, 4.69) is 109 Å². The molecule has 4 rings (SSSR count). The van der Waals surface area contributed by atoms with Gasteiger partial charge in [0.1, 0.15) is 0 Å². The Labute approximate surface area is 234 Å². The van der Waals surface area contributed by atoms with Crippen molar-refractivity contribution in [3.8, 4) is 0 Å². The molecule has 7 heteroatoms. The van der Waals surface area contributed by atoms with Gasteiger partial charge >= 0.3 is 7.58 Å². The second-order valence-corrected chi connectivity index (χ2v) is 19.6. The minimum atomic E-state index is -1.84. The van der Waals surface area contributed by atoms with Gasteiger partial charge in [0.2, 0.25) is 0 Å². The van der Waals surface area contributed by atoms with Crippen LogP contribution in [0.4, 0.5) is 0 Å². The third-order valence-electron chi connectivity index (χ3n) is 7.92. The number of hydrogen-bond donors (Lipinski definition) is 1. The number of nitrogens with one attached hydrogen (secondary N) is 1. The summed E-state index contributed by atoms with van der Waals surface area (Å²) in [6.45, 7) is 26.4. The van der Waals surface area contributed by atoms with Gasteiger partial charge in [-0.2, -0.15) is 0 Å². The minimum absolute atomic E-state index is 0.201. The molecule has 1 heterocycles. The predicted molar refractivity (Wildman–Crippen MR) is 164 cm³/mol. The van der Waals surface area contributed by atoms with Crippen LogP contribution in [-0.2, 0) is 0 Å². The summed E-state index contributed by atoms with van der Waals surface area (Å²) in [5.41, 5.74) is 6.29. The van der Waals surface area contributed by atoms with E-state index < -0.39 is 15.8 Å². The van der Waals surface area contributed by atoms with Crippen LogP contribution in [0.2, 0.25) is 0 Å². The highest BCUT2D eigenvalue weighted by Gasteiger charge is 2.54. The fourth-order valence-electron chi connectivity index (χ4n) is 5.99.